The van der Waals surface area contributed by atoms with E-state index >= 15 is 0 Å². The normalized spacial score (nSPS) is 13.4. The number of hydrogen-bond donors (Lipinski definition) is 8. The van der Waals surface area contributed by atoms with Crippen LogP contribution in [0.3, 0.4) is 0 Å². The Hall–Kier alpha value is -3.42. The third-order valence-corrected chi connectivity index (χ3v) is 4.12. The van der Waals surface area contributed by atoms with Crippen LogP contribution in [0.2, 0.25) is 0 Å². The zero-order chi connectivity index (χ0) is 24.8. The van der Waals surface area contributed by atoms with Crippen molar-refractivity contribution in [2.75, 3.05) is 13.1 Å². The van der Waals surface area contributed by atoms with E-state index in [4.69, 9.17) is 22.3 Å². The molecule has 14 heteroatoms. The summed E-state index contributed by atoms with van der Waals surface area (Å²) in [4.78, 5) is 63.1. The molecule has 0 saturated carbocycles. The minimum atomic E-state index is -1.48. The topological polar surface area (TPSA) is 252 Å². The molecule has 0 saturated heterocycles. The van der Waals surface area contributed by atoms with E-state index in [1.807, 2.05) is 0 Å². The van der Waals surface area contributed by atoms with E-state index in [2.05, 4.69) is 20.9 Å². The lowest BCUT2D eigenvalue weighted by atomic mass is 10.0. The number of nitrogens with one attached hydrogen (secondary N) is 3. The van der Waals surface area contributed by atoms with E-state index < -0.39 is 60.8 Å². The van der Waals surface area contributed by atoms with Gasteiger partial charge in [-0.25, -0.2) is 4.79 Å². The first-order valence-corrected chi connectivity index (χ1v) is 9.97. The Morgan fingerprint density at radius 1 is 0.906 bits per heavy atom. The second-order valence-electron chi connectivity index (χ2n) is 7.46. The fourth-order valence-corrected chi connectivity index (χ4v) is 2.65. The Labute approximate surface area is 185 Å². The summed E-state index contributed by atoms with van der Waals surface area (Å²) in [6.45, 7) is 3.24. The summed E-state index contributed by atoms with van der Waals surface area (Å²) >= 11 is 0. The van der Waals surface area contributed by atoms with Crippen LogP contribution in [0.25, 0.3) is 0 Å². The van der Waals surface area contributed by atoms with Crippen molar-refractivity contribution >= 4 is 35.6 Å². The van der Waals surface area contributed by atoms with E-state index in [-0.39, 0.29) is 37.7 Å². The third-order valence-electron chi connectivity index (χ3n) is 4.12. The molecule has 0 aliphatic heterocycles. The number of nitrogens with zero attached hydrogens (tertiary/aromatic N) is 1. The first-order chi connectivity index (χ1) is 14.9. The molecular weight excluding hydrogens is 426 g/mol. The van der Waals surface area contributed by atoms with Gasteiger partial charge in [0.1, 0.15) is 18.1 Å². The summed E-state index contributed by atoms with van der Waals surface area (Å²) in [5, 5.41) is 25.3. The van der Waals surface area contributed by atoms with Gasteiger partial charge in [-0.15, -0.1) is 0 Å². The molecule has 0 rings (SSSR count). The molecule has 0 radical (unpaired) electrons. The Bertz CT molecular complexity index is 708. The number of carboxylic acid groups (broad SMARTS) is 2. The van der Waals surface area contributed by atoms with Gasteiger partial charge in [0, 0.05) is 6.54 Å². The van der Waals surface area contributed by atoms with Crippen LogP contribution in [0.4, 0.5) is 0 Å². The van der Waals surface area contributed by atoms with E-state index in [1.54, 1.807) is 13.8 Å². The van der Waals surface area contributed by atoms with Crippen molar-refractivity contribution in [2.24, 2.45) is 28.1 Å². The highest BCUT2D eigenvalue weighted by Gasteiger charge is 2.30. The van der Waals surface area contributed by atoms with Crippen molar-refractivity contribution in [1.82, 2.24) is 16.0 Å². The van der Waals surface area contributed by atoms with Gasteiger partial charge in [0.2, 0.25) is 17.7 Å². The van der Waals surface area contributed by atoms with Crippen LogP contribution in [-0.4, -0.2) is 77.0 Å². The molecule has 3 amide bonds. The average molecular weight is 460 g/mol. The highest BCUT2D eigenvalue weighted by Crippen LogP contribution is 2.07. The fourth-order valence-electron chi connectivity index (χ4n) is 2.65. The maximum atomic E-state index is 12.7. The van der Waals surface area contributed by atoms with Crippen molar-refractivity contribution in [3.05, 3.63) is 0 Å². The number of carboxylic acids is 2. The first-order valence-electron chi connectivity index (χ1n) is 9.97. The molecular formula is C18H33N7O7. The number of aliphatic carboxylic acids is 2. The van der Waals surface area contributed by atoms with Crippen molar-refractivity contribution in [1.29, 1.82) is 0 Å². The molecule has 0 aromatic heterocycles. The Morgan fingerprint density at radius 2 is 1.47 bits per heavy atom. The summed E-state index contributed by atoms with van der Waals surface area (Å²) in [5.74, 6) is -5.28. The van der Waals surface area contributed by atoms with Gasteiger partial charge < -0.3 is 43.4 Å². The second-order valence-corrected chi connectivity index (χ2v) is 7.46. The summed E-state index contributed by atoms with van der Waals surface area (Å²) < 4.78 is 0. The van der Waals surface area contributed by atoms with Crippen molar-refractivity contribution in [3.63, 3.8) is 0 Å². The molecule has 0 aromatic carbocycles. The highest BCUT2D eigenvalue weighted by molar-refractivity contribution is 5.95. The molecule has 0 heterocycles. The SMILES string of the molecule is CC(C)CC(NC(=O)C(CCCN=C(N)N)NC(=O)C(CC(=O)O)NC(=O)CN)C(=O)O. The Morgan fingerprint density at radius 3 is 1.94 bits per heavy atom. The number of nitrogens with two attached hydrogens (primary N) is 3. The van der Waals surface area contributed by atoms with Crippen molar-refractivity contribution in [3.8, 4) is 0 Å². The second kappa shape index (κ2) is 14.6. The number of rotatable bonds is 15. The molecule has 182 valence electrons. The molecule has 0 aliphatic rings. The van der Waals surface area contributed by atoms with Crippen LogP contribution in [0.1, 0.15) is 39.5 Å². The smallest absolute Gasteiger partial charge is 0.326 e. The van der Waals surface area contributed by atoms with Crippen LogP contribution < -0.4 is 33.2 Å². The van der Waals surface area contributed by atoms with Crippen LogP contribution >= 0.6 is 0 Å². The summed E-state index contributed by atoms with van der Waals surface area (Å²) in [6.07, 6.45) is -0.321. The molecule has 32 heavy (non-hydrogen) atoms. The first kappa shape index (κ1) is 28.6. The van der Waals surface area contributed by atoms with Gasteiger partial charge in [-0.05, 0) is 25.2 Å². The van der Waals surface area contributed by atoms with E-state index in [1.165, 1.54) is 0 Å². The van der Waals surface area contributed by atoms with Gasteiger partial charge in [-0.1, -0.05) is 13.8 Å². The summed E-state index contributed by atoms with van der Waals surface area (Å²) in [7, 11) is 0. The molecule has 3 atom stereocenters. The number of amides is 3. The molecule has 3 unspecified atom stereocenters. The average Bonchev–Trinajstić information content (AvgIpc) is 2.67. The monoisotopic (exact) mass is 459 g/mol. The predicted molar refractivity (Wildman–Crippen MR) is 114 cm³/mol. The minimum Gasteiger partial charge on any atom is -0.481 e. The van der Waals surface area contributed by atoms with Gasteiger partial charge in [0.15, 0.2) is 5.96 Å². The van der Waals surface area contributed by atoms with Crippen molar-refractivity contribution in [2.45, 2.75) is 57.7 Å². The minimum absolute atomic E-state index is 0.0208. The number of hydrogen-bond acceptors (Lipinski definition) is 7. The highest BCUT2D eigenvalue weighted by atomic mass is 16.4. The lowest BCUT2D eigenvalue weighted by Crippen LogP contribution is -2.56. The Balaban J connectivity index is 5.50. The molecule has 0 fully saturated rings. The lowest BCUT2D eigenvalue weighted by Gasteiger charge is -2.24. The number of guanidine groups is 1. The lowest BCUT2D eigenvalue weighted by molar-refractivity contribution is -0.143. The molecule has 11 N–H and O–H groups in total. The van der Waals surface area contributed by atoms with Crippen LogP contribution in [-0.2, 0) is 24.0 Å². The van der Waals surface area contributed by atoms with E-state index in [0.717, 1.165) is 0 Å². The Kier molecular flexibility index (Phi) is 13.0. The maximum Gasteiger partial charge on any atom is 0.326 e. The van der Waals surface area contributed by atoms with Gasteiger partial charge >= 0.3 is 11.9 Å². The van der Waals surface area contributed by atoms with Crippen molar-refractivity contribution < 1.29 is 34.2 Å². The quantitative estimate of drug-likeness (QED) is 0.0702. The fraction of sp³-hybridized carbons (Fsp3) is 0.667. The number of carbonyl (C=O) groups excluding carboxylic acids is 3. The van der Waals surface area contributed by atoms with Gasteiger partial charge in [0.05, 0.1) is 13.0 Å². The summed E-state index contributed by atoms with van der Waals surface area (Å²) in [6, 6.07) is -3.90. The molecule has 0 spiro atoms. The van der Waals surface area contributed by atoms with Crippen LogP contribution in [0, 0.1) is 5.92 Å². The molecule has 14 nitrogen and oxygen atoms in total. The predicted octanol–water partition coefficient (Wildman–Crippen LogP) is -2.94. The largest absolute Gasteiger partial charge is 0.481 e. The van der Waals surface area contributed by atoms with Gasteiger partial charge in [-0.3, -0.25) is 24.2 Å². The zero-order valence-electron chi connectivity index (χ0n) is 18.2. The standard InChI is InChI=1S/C18H33N7O7/c1-9(2)6-12(17(31)32)25-15(29)10(4-3-5-22-18(20)21)24-16(30)11(7-14(27)28)23-13(26)8-19/h9-12H,3-8,19H2,1-2H3,(H,23,26)(H,24,30)(H,25,29)(H,27,28)(H,31,32)(H4,20,21,22). The number of aliphatic imine (C=N–C) groups is 1. The third kappa shape index (κ3) is 12.3. The van der Waals surface area contributed by atoms with Gasteiger partial charge in [-0.2, -0.15) is 0 Å². The summed E-state index contributed by atoms with van der Waals surface area (Å²) in [5.41, 5.74) is 15.7. The van der Waals surface area contributed by atoms with Crippen LogP contribution in [0.5, 0.6) is 0 Å². The van der Waals surface area contributed by atoms with E-state index in [0.29, 0.717) is 0 Å². The van der Waals surface area contributed by atoms with E-state index in [9.17, 15) is 29.1 Å². The van der Waals surface area contributed by atoms with Crippen LogP contribution in [0.15, 0.2) is 4.99 Å². The number of carbonyl (C=O) groups is 5. The zero-order valence-corrected chi connectivity index (χ0v) is 18.2. The van der Waals surface area contributed by atoms with Gasteiger partial charge in [0.25, 0.3) is 0 Å². The molecule has 0 aromatic rings. The maximum absolute atomic E-state index is 12.7. The molecule has 0 aliphatic carbocycles. The molecule has 0 bridgehead atoms.